The number of H-pyrrole nitrogens is 1. The summed E-state index contributed by atoms with van der Waals surface area (Å²) >= 11 is 0. The van der Waals surface area contributed by atoms with E-state index in [1.165, 1.54) is 47.8 Å². The molecule has 1 aromatic carbocycles. The molecule has 176 valence electrons. The third-order valence-electron chi connectivity index (χ3n) is 5.53. The lowest BCUT2D eigenvalue weighted by molar-refractivity contribution is 0.0697. The Hall–Kier alpha value is -3.00. The van der Waals surface area contributed by atoms with Gasteiger partial charge in [0, 0.05) is 49.5 Å². The van der Waals surface area contributed by atoms with Gasteiger partial charge >= 0.3 is 0 Å². The highest BCUT2D eigenvalue weighted by Crippen LogP contribution is 2.27. The van der Waals surface area contributed by atoms with Gasteiger partial charge in [0.05, 0.1) is 7.11 Å². The average Bonchev–Trinajstić information content (AvgIpc) is 3.28. The SMILES string of the molecule is CNS(=O)(=O)c1cc(C(=O)N2CCN(S(=O)(=O)c3c[nH]c4ncccc34)CC2)ccc1OC. The van der Waals surface area contributed by atoms with Crippen molar-refractivity contribution in [3.63, 3.8) is 0 Å². The van der Waals surface area contributed by atoms with E-state index < -0.39 is 26.0 Å². The number of nitrogens with one attached hydrogen (secondary N) is 2. The van der Waals surface area contributed by atoms with Crippen LogP contribution in [-0.4, -0.2) is 82.3 Å². The van der Waals surface area contributed by atoms with Gasteiger partial charge in [0.15, 0.2) is 0 Å². The van der Waals surface area contributed by atoms with Crippen molar-refractivity contribution in [2.45, 2.75) is 9.79 Å². The molecule has 2 aromatic heterocycles. The zero-order valence-electron chi connectivity index (χ0n) is 18.0. The van der Waals surface area contributed by atoms with Crippen molar-refractivity contribution in [1.29, 1.82) is 0 Å². The smallest absolute Gasteiger partial charge is 0.253 e. The number of fused-ring (bicyclic) bond motifs is 1. The molecule has 1 aliphatic heterocycles. The van der Waals surface area contributed by atoms with Crippen LogP contribution in [0.1, 0.15) is 10.4 Å². The van der Waals surface area contributed by atoms with Crippen LogP contribution >= 0.6 is 0 Å². The molecule has 1 saturated heterocycles. The fraction of sp³-hybridized carbons (Fsp3) is 0.300. The number of aromatic nitrogens is 2. The van der Waals surface area contributed by atoms with Gasteiger partial charge in [-0.15, -0.1) is 0 Å². The number of methoxy groups -OCH3 is 1. The molecule has 3 heterocycles. The van der Waals surface area contributed by atoms with Crippen molar-refractivity contribution in [3.8, 4) is 5.75 Å². The van der Waals surface area contributed by atoms with Gasteiger partial charge in [-0.3, -0.25) is 4.79 Å². The molecule has 33 heavy (non-hydrogen) atoms. The number of nitrogens with zero attached hydrogens (tertiary/aromatic N) is 3. The number of amides is 1. The van der Waals surface area contributed by atoms with Crippen LogP contribution in [0.25, 0.3) is 11.0 Å². The van der Waals surface area contributed by atoms with Crippen LogP contribution in [0, 0.1) is 0 Å². The molecule has 0 bridgehead atoms. The number of carbonyl (C=O) groups excluding carboxylic acids is 1. The monoisotopic (exact) mass is 493 g/mol. The van der Waals surface area contributed by atoms with Gasteiger partial charge in [0.25, 0.3) is 5.91 Å². The second-order valence-electron chi connectivity index (χ2n) is 7.32. The van der Waals surface area contributed by atoms with Gasteiger partial charge in [-0.05, 0) is 37.4 Å². The fourth-order valence-electron chi connectivity index (χ4n) is 3.73. The highest BCUT2D eigenvalue weighted by atomic mass is 32.2. The summed E-state index contributed by atoms with van der Waals surface area (Å²) in [5.41, 5.74) is 0.653. The number of rotatable bonds is 6. The predicted octanol–water partition coefficient (Wildman–Crippen LogP) is 0.626. The summed E-state index contributed by atoms with van der Waals surface area (Å²) in [6.45, 7) is 0.551. The molecule has 1 aliphatic rings. The summed E-state index contributed by atoms with van der Waals surface area (Å²) < 4.78 is 59.5. The van der Waals surface area contributed by atoms with E-state index in [2.05, 4.69) is 14.7 Å². The maximum Gasteiger partial charge on any atom is 0.253 e. The maximum atomic E-state index is 13.2. The van der Waals surface area contributed by atoms with Crippen LogP contribution in [0.3, 0.4) is 0 Å². The molecule has 0 atom stereocenters. The van der Waals surface area contributed by atoms with E-state index in [0.717, 1.165) is 0 Å². The first-order chi connectivity index (χ1) is 15.7. The van der Waals surface area contributed by atoms with Crippen molar-refractivity contribution in [2.24, 2.45) is 0 Å². The zero-order valence-corrected chi connectivity index (χ0v) is 19.6. The first kappa shape index (κ1) is 23.2. The molecular weight excluding hydrogens is 470 g/mol. The minimum atomic E-state index is -3.84. The Morgan fingerprint density at radius 3 is 2.48 bits per heavy atom. The summed E-state index contributed by atoms with van der Waals surface area (Å²) in [5, 5.41) is 0.507. The normalized spacial score (nSPS) is 15.6. The van der Waals surface area contributed by atoms with E-state index in [0.29, 0.717) is 11.0 Å². The van der Waals surface area contributed by atoms with Crippen molar-refractivity contribution < 1.29 is 26.4 Å². The topological polar surface area (TPSA) is 142 Å². The number of hydrogen-bond donors (Lipinski definition) is 2. The van der Waals surface area contributed by atoms with Gasteiger partial charge < -0.3 is 14.6 Å². The number of carbonyl (C=O) groups is 1. The fourth-order valence-corrected chi connectivity index (χ4v) is 6.22. The Labute approximate surface area is 191 Å². The minimum absolute atomic E-state index is 0.110. The molecule has 3 aromatic rings. The van der Waals surface area contributed by atoms with Crippen LogP contribution in [-0.2, 0) is 20.0 Å². The zero-order chi connectivity index (χ0) is 23.8. The summed E-state index contributed by atoms with van der Waals surface area (Å²) in [6, 6.07) is 7.52. The Morgan fingerprint density at radius 2 is 1.82 bits per heavy atom. The lowest BCUT2D eigenvalue weighted by Gasteiger charge is -2.34. The van der Waals surface area contributed by atoms with Crippen molar-refractivity contribution in [3.05, 3.63) is 48.3 Å². The standard InChI is InChI=1S/C20H23N5O6S2/c1-21-32(27,28)17-12-14(5-6-16(17)31-2)20(26)24-8-10-25(11-9-24)33(29,30)18-13-23-19-15(18)4-3-7-22-19/h3-7,12-13,21H,8-11H2,1-2H3,(H,22,23). The third-order valence-corrected chi connectivity index (χ3v) is 8.90. The molecule has 1 amide bonds. The molecule has 0 spiro atoms. The number of ether oxygens (including phenoxy) is 1. The second kappa shape index (κ2) is 8.74. The van der Waals surface area contributed by atoms with Crippen LogP contribution < -0.4 is 9.46 Å². The van der Waals surface area contributed by atoms with E-state index in [1.54, 1.807) is 18.3 Å². The molecule has 1 fully saturated rings. The van der Waals surface area contributed by atoms with Crippen LogP contribution in [0.15, 0.2) is 52.5 Å². The van der Waals surface area contributed by atoms with E-state index in [-0.39, 0.29) is 47.3 Å². The molecule has 0 aliphatic carbocycles. The summed E-state index contributed by atoms with van der Waals surface area (Å²) in [4.78, 5) is 21.5. The molecular formula is C20H23N5O6S2. The molecule has 4 rings (SSSR count). The van der Waals surface area contributed by atoms with Crippen molar-refractivity contribution >= 4 is 37.0 Å². The average molecular weight is 494 g/mol. The second-order valence-corrected chi connectivity index (χ2v) is 11.1. The Bertz CT molecular complexity index is 1410. The molecule has 2 N–H and O–H groups in total. The van der Waals surface area contributed by atoms with Gasteiger partial charge in [-0.1, -0.05) is 0 Å². The Morgan fingerprint density at radius 1 is 1.09 bits per heavy atom. The maximum absolute atomic E-state index is 13.2. The van der Waals surface area contributed by atoms with Crippen molar-refractivity contribution in [1.82, 2.24) is 23.9 Å². The number of piperazine rings is 1. The van der Waals surface area contributed by atoms with Crippen LogP contribution in [0.2, 0.25) is 0 Å². The highest BCUT2D eigenvalue weighted by Gasteiger charge is 2.32. The van der Waals surface area contributed by atoms with Gasteiger partial charge in [-0.2, -0.15) is 4.31 Å². The number of aromatic amines is 1. The van der Waals surface area contributed by atoms with Gasteiger partial charge in [0.1, 0.15) is 21.2 Å². The molecule has 0 saturated carbocycles. The molecule has 11 nitrogen and oxygen atoms in total. The van der Waals surface area contributed by atoms with E-state index in [1.807, 2.05) is 0 Å². The van der Waals surface area contributed by atoms with Crippen LogP contribution in [0.5, 0.6) is 5.75 Å². The lowest BCUT2D eigenvalue weighted by atomic mass is 10.1. The molecule has 13 heteroatoms. The first-order valence-corrected chi connectivity index (χ1v) is 12.9. The van der Waals surface area contributed by atoms with Gasteiger partial charge in [0.2, 0.25) is 20.0 Å². The summed E-state index contributed by atoms with van der Waals surface area (Å²) in [5.74, 6) is -0.274. The summed E-state index contributed by atoms with van der Waals surface area (Å²) in [6.07, 6.45) is 3.00. The lowest BCUT2D eigenvalue weighted by Crippen LogP contribution is -2.50. The van der Waals surface area contributed by atoms with Gasteiger partial charge in [-0.25, -0.2) is 26.5 Å². The number of hydrogen-bond acceptors (Lipinski definition) is 7. The van der Waals surface area contributed by atoms with E-state index in [9.17, 15) is 21.6 Å². The largest absolute Gasteiger partial charge is 0.495 e. The quantitative estimate of drug-likeness (QED) is 0.513. The predicted molar refractivity (Wildman–Crippen MR) is 120 cm³/mol. The third kappa shape index (κ3) is 4.19. The Balaban J connectivity index is 1.52. The Kier molecular flexibility index (Phi) is 6.14. The van der Waals surface area contributed by atoms with Crippen molar-refractivity contribution in [2.75, 3.05) is 40.3 Å². The number of benzene rings is 1. The first-order valence-electron chi connectivity index (χ1n) is 10.0. The molecule has 0 radical (unpaired) electrons. The molecule has 0 unspecified atom stereocenters. The van der Waals surface area contributed by atoms with Crippen LogP contribution in [0.4, 0.5) is 0 Å². The summed E-state index contributed by atoms with van der Waals surface area (Å²) in [7, 11) is -5.01. The highest BCUT2D eigenvalue weighted by molar-refractivity contribution is 7.89. The number of pyridine rings is 1. The van der Waals surface area contributed by atoms with E-state index in [4.69, 9.17) is 4.74 Å². The van der Waals surface area contributed by atoms with E-state index >= 15 is 0 Å². The minimum Gasteiger partial charge on any atom is -0.495 e. The number of sulfonamides is 2.